The third-order valence-electron chi connectivity index (χ3n) is 3.46. The summed E-state index contributed by atoms with van der Waals surface area (Å²) in [6.45, 7) is 4.29. The molecule has 0 spiro atoms. The lowest BCUT2D eigenvalue weighted by molar-refractivity contribution is 0.0936. The second kappa shape index (κ2) is 6.00. The zero-order chi connectivity index (χ0) is 14.7. The second-order valence-corrected chi connectivity index (χ2v) is 4.98. The number of carbonyl (C=O) groups is 2. The van der Waals surface area contributed by atoms with Gasteiger partial charge < -0.3 is 9.80 Å². The number of amides is 3. The second-order valence-electron chi connectivity index (χ2n) is 4.98. The maximum Gasteiger partial charge on any atom is 0.324 e. The van der Waals surface area contributed by atoms with Crippen LogP contribution in [0.2, 0.25) is 0 Å². The first-order valence-electron chi connectivity index (χ1n) is 6.53. The highest BCUT2D eigenvalue weighted by Gasteiger charge is 2.23. The van der Waals surface area contributed by atoms with E-state index in [-0.39, 0.29) is 5.56 Å². The molecule has 3 amide bonds. The van der Waals surface area contributed by atoms with E-state index >= 15 is 0 Å². The smallest absolute Gasteiger partial charge is 0.322 e. The molecule has 6 heteroatoms. The Hall–Kier alpha value is -1.95. The van der Waals surface area contributed by atoms with Gasteiger partial charge in [-0.2, -0.15) is 0 Å². The maximum absolute atomic E-state index is 13.7. The molecule has 1 fully saturated rings. The SMILES string of the molecule is Cc1cccc(F)c1C(=O)NC(=O)N1CCN(C)CC1. The fourth-order valence-electron chi connectivity index (χ4n) is 2.17. The summed E-state index contributed by atoms with van der Waals surface area (Å²) in [4.78, 5) is 27.6. The van der Waals surface area contributed by atoms with Crippen LogP contribution in [0.15, 0.2) is 18.2 Å². The standard InChI is InChI=1S/C14H18FN3O2/c1-10-4-3-5-11(15)12(10)13(19)16-14(20)18-8-6-17(2)7-9-18/h3-5H,6-9H2,1-2H3,(H,16,19,20). The number of imide groups is 1. The number of piperazine rings is 1. The van der Waals surface area contributed by atoms with Crippen LogP contribution in [0.4, 0.5) is 9.18 Å². The molecule has 20 heavy (non-hydrogen) atoms. The van der Waals surface area contributed by atoms with Crippen molar-refractivity contribution >= 4 is 11.9 Å². The molecule has 0 atom stereocenters. The summed E-state index contributed by atoms with van der Waals surface area (Å²) in [6, 6.07) is 3.91. The molecule has 2 rings (SSSR count). The van der Waals surface area contributed by atoms with E-state index in [0.717, 1.165) is 13.1 Å². The van der Waals surface area contributed by atoms with Gasteiger partial charge in [0, 0.05) is 26.2 Å². The minimum absolute atomic E-state index is 0.0741. The van der Waals surface area contributed by atoms with Crippen LogP contribution in [0.1, 0.15) is 15.9 Å². The number of hydrogen-bond donors (Lipinski definition) is 1. The average Bonchev–Trinajstić information content (AvgIpc) is 2.39. The molecule has 0 bridgehead atoms. The topological polar surface area (TPSA) is 52.7 Å². The number of hydrogen-bond acceptors (Lipinski definition) is 3. The highest BCUT2D eigenvalue weighted by molar-refractivity contribution is 6.05. The van der Waals surface area contributed by atoms with Crippen LogP contribution in [0, 0.1) is 12.7 Å². The van der Waals surface area contributed by atoms with Crippen LogP contribution < -0.4 is 5.32 Å². The lowest BCUT2D eigenvalue weighted by Gasteiger charge is -2.32. The van der Waals surface area contributed by atoms with Gasteiger partial charge >= 0.3 is 6.03 Å². The molecular weight excluding hydrogens is 261 g/mol. The lowest BCUT2D eigenvalue weighted by Crippen LogP contribution is -2.51. The Morgan fingerprint density at radius 1 is 1.20 bits per heavy atom. The van der Waals surface area contributed by atoms with Crippen molar-refractivity contribution in [2.75, 3.05) is 33.2 Å². The quantitative estimate of drug-likeness (QED) is 0.841. The van der Waals surface area contributed by atoms with Gasteiger partial charge in [0.2, 0.25) is 0 Å². The van der Waals surface area contributed by atoms with E-state index in [1.807, 2.05) is 7.05 Å². The zero-order valence-corrected chi connectivity index (χ0v) is 11.6. The van der Waals surface area contributed by atoms with Gasteiger partial charge in [0.15, 0.2) is 0 Å². The summed E-state index contributed by atoms with van der Waals surface area (Å²) in [5.41, 5.74) is 0.434. The largest absolute Gasteiger partial charge is 0.324 e. The van der Waals surface area contributed by atoms with E-state index < -0.39 is 17.8 Å². The summed E-state index contributed by atoms with van der Waals surface area (Å²) in [5, 5.41) is 2.25. The Kier molecular flexibility index (Phi) is 4.34. The third-order valence-corrected chi connectivity index (χ3v) is 3.46. The molecule has 1 saturated heterocycles. The molecule has 5 nitrogen and oxygen atoms in total. The predicted octanol–water partition coefficient (Wildman–Crippen LogP) is 1.23. The Labute approximate surface area is 117 Å². The van der Waals surface area contributed by atoms with Gasteiger partial charge in [-0.05, 0) is 25.6 Å². The Morgan fingerprint density at radius 3 is 2.45 bits per heavy atom. The van der Waals surface area contributed by atoms with Gasteiger partial charge in [0.1, 0.15) is 5.82 Å². The summed E-state index contributed by atoms with van der Waals surface area (Å²) < 4.78 is 13.7. The van der Waals surface area contributed by atoms with Gasteiger partial charge in [0.25, 0.3) is 5.91 Å². The molecule has 1 N–H and O–H groups in total. The van der Waals surface area contributed by atoms with E-state index in [4.69, 9.17) is 0 Å². The normalized spacial score (nSPS) is 16.1. The summed E-state index contributed by atoms with van der Waals surface area (Å²) in [6.07, 6.45) is 0. The highest BCUT2D eigenvalue weighted by Crippen LogP contribution is 2.12. The number of nitrogens with zero attached hydrogens (tertiary/aromatic N) is 2. The number of halogens is 1. The summed E-state index contributed by atoms with van der Waals surface area (Å²) in [7, 11) is 1.98. The van der Waals surface area contributed by atoms with E-state index in [9.17, 15) is 14.0 Å². The molecule has 1 aromatic rings. The van der Waals surface area contributed by atoms with Gasteiger partial charge in [-0.15, -0.1) is 0 Å². The first-order valence-corrected chi connectivity index (χ1v) is 6.53. The van der Waals surface area contributed by atoms with E-state index in [2.05, 4.69) is 10.2 Å². The lowest BCUT2D eigenvalue weighted by atomic mass is 10.1. The first-order chi connectivity index (χ1) is 9.49. The van der Waals surface area contributed by atoms with Crippen molar-refractivity contribution in [1.29, 1.82) is 0 Å². The third kappa shape index (κ3) is 3.14. The molecule has 0 saturated carbocycles. The van der Waals surface area contributed by atoms with Crippen LogP contribution in [-0.2, 0) is 0 Å². The number of likely N-dealkylation sites (N-methyl/N-ethyl adjacent to an activating group) is 1. The Bertz CT molecular complexity index is 505. The van der Waals surface area contributed by atoms with Crippen LogP contribution in [-0.4, -0.2) is 55.0 Å². The number of carbonyl (C=O) groups excluding carboxylic acids is 2. The summed E-state index contributed by atoms with van der Waals surface area (Å²) >= 11 is 0. The maximum atomic E-state index is 13.7. The van der Waals surface area contributed by atoms with Crippen LogP contribution in [0.5, 0.6) is 0 Å². The van der Waals surface area contributed by atoms with Gasteiger partial charge in [-0.25, -0.2) is 9.18 Å². The van der Waals surface area contributed by atoms with Crippen molar-refractivity contribution in [2.24, 2.45) is 0 Å². The predicted molar refractivity (Wildman–Crippen MR) is 73.1 cm³/mol. The van der Waals surface area contributed by atoms with Crippen LogP contribution >= 0.6 is 0 Å². The fourth-order valence-corrected chi connectivity index (χ4v) is 2.17. The molecule has 0 unspecified atom stereocenters. The first kappa shape index (κ1) is 14.5. The fraction of sp³-hybridized carbons (Fsp3) is 0.429. The van der Waals surface area contributed by atoms with E-state index in [1.54, 1.807) is 17.9 Å². The van der Waals surface area contributed by atoms with Crippen molar-refractivity contribution in [3.8, 4) is 0 Å². The minimum Gasteiger partial charge on any atom is -0.322 e. The number of rotatable bonds is 1. The van der Waals surface area contributed by atoms with Crippen molar-refractivity contribution in [1.82, 2.24) is 15.1 Å². The van der Waals surface area contributed by atoms with Gasteiger partial charge in [-0.3, -0.25) is 10.1 Å². The molecule has 0 aromatic heterocycles. The molecule has 1 aliphatic rings. The molecule has 0 radical (unpaired) electrons. The molecule has 1 aliphatic heterocycles. The molecule has 0 aliphatic carbocycles. The molecule has 108 valence electrons. The number of urea groups is 1. The van der Waals surface area contributed by atoms with Crippen LogP contribution in [0.3, 0.4) is 0 Å². The number of nitrogens with one attached hydrogen (secondary N) is 1. The Balaban J connectivity index is 2.03. The monoisotopic (exact) mass is 279 g/mol. The number of aryl methyl sites for hydroxylation is 1. The highest BCUT2D eigenvalue weighted by atomic mass is 19.1. The van der Waals surface area contributed by atoms with E-state index in [1.165, 1.54) is 12.1 Å². The molecule has 1 aromatic carbocycles. The molecular formula is C14H18FN3O2. The van der Waals surface area contributed by atoms with Crippen molar-refractivity contribution in [2.45, 2.75) is 6.92 Å². The minimum atomic E-state index is -0.690. The Morgan fingerprint density at radius 2 is 1.85 bits per heavy atom. The average molecular weight is 279 g/mol. The van der Waals surface area contributed by atoms with Crippen molar-refractivity contribution in [3.05, 3.63) is 35.1 Å². The molecule has 1 heterocycles. The van der Waals surface area contributed by atoms with Crippen molar-refractivity contribution < 1.29 is 14.0 Å². The van der Waals surface area contributed by atoms with Crippen LogP contribution in [0.25, 0.3) is 0 Å². The van der Waals surface area contributed by atoms with Gasteiger partial charge in [-0.1, -0.05) is 12.1 Å². The number of benzene rings is 1. The zero-order valence-electron chi connectivity index (χ0n) is 11.6. The van der Waals surface area contributed by atoms with Gasteiger partial charge in [0.05, 0.1) is 5.56 Å². The van der Waals surface area contributed by atoms with E-state index in [0.29, 0.717) is 18.7 Å². The summed E-state index contributed by atoms with van der Waals surface area (Å²) in [5.74, 6) is -1.31. The van der Waals surface area contributed by atoms with Crippen molar-refractivity contribution in [3.63, 3.8) is 0 Å².